The summed E-state index contributed by atoms with van der Waals surface area (Å²) in [6.45, 7) is 9.22. The number of rotatable bonds is 7. The molecular formula is C17H31Cl3N4O. The molecule has 0 bridgehead atoms. The Morgan fingerprint density at radius 2 is 1.64 bits per heavy atom. The van der Waals surface area contributed by atoms with Crippen molar-refractivity contribution in [2.45, 2.75) is 13.5 Å². The van der Waals surface area contributed by atoms with Crippen molar-refractivity contribution in [1.82, 2.24) is 15.1 Å². The highest BCUT2D eigenvalue weighted by Gasteiger charge is 2.17. The molecule has 5 nitrogen and oxygen atoms in total. The highest BCUT2D eigenvalue weighted by Crippen LogP contribution is 2.07. The SMILES string of the molecule is CC(CN)C(=O)NCCN1CCN(Cc2ccccc2)CC1.Cl.Cl.Cl. The quantitative estimate of drug-likeness (QED) is 0.715. The number of hydrogen-bond acceptors (Lipinski definition) is 4. The topological polar surface area (TPSA) is 61.6 Å². The second-order valence-electron chi connectivity index (χ2n) is 6.03. The fraction of sp³-hybridized carbons (Fsp3) is 0.588. The summed E-state index contributed by atoms with van der Waals surface area (Å²) in [7, 11) is 0. The molecule has 1 aliphatic heterocycles. The minimum Gasteiger partial charge on any atom is -0.355 e. The van der Waals surface area contributed by atoms with Crippen molar-refractivity contribution in [3.63, 3.8) is 0 Å². The molecule has 1 heterocycles. The molecule has 1 amide bonds. The first kappa shape index (κ1) is 26.7. The normalized spacial score (nSPS) is 15.9. The predicted octanol–water partition coefficient (Wildman–Crippen LogP) is 1.78. The molecule has 3 N–H and O–H groups in total. The van der Waals surface area contributed by atoms with Gasteiger partial charge in [0, 0.05) is 58.3 Å². The molecule has 1 fully saturated rings. The van der Waals surface area contributed by atoms with Gasteiger partial charge in [-0.05, 0) is 5.56 Å². The largest absolute Gasteiger partial charge is 0.355 e. The molecule has 2 rings (SSSR count). The zero-order valence-corrected chi connectivity index (χ0v) is 17.2. The molecule has 1 aromatic carbocycles. The molecule has 1 saturated heterocycles. The lowest BCUT2D eigenvalue weighted by atomic mass is 10.2. The van der Waals surface area contributed by atoms with E-state index in [0.29, 0.717) is 13.1 Å². The van der Waals surface area contributed by atoms with Crippen LogP contribution < -0.4 is 11.1 Å². The summed E-state index contributed by atoms with van der Waals surface area (Å²) in [4.78, 5) is 16.6. The molecule has 1 aromatic rings. The van der Waals surface area contributed by atoms with Gasteiger partial charge in [0.2, 0.25) is 5.91 Å². The van der Waals surface area contributed by atoms with E-state index in [2.05, 4.69) is 45.4 Å². The van der Waals surface area contributed by atoms with E-state index >= 15 is 0 Å². The van der Waals surface area contributed by atoms with Gasteiger partial charge in [-0.2, -0.15) is 0 Å². The summed E-state index contributed by atoms with van der Waals surface area (Å²) in [6, 6.07) is 10.6. The van der Waals surface area contributed by atoms with Gasteiger partial charge >= 0.3 is 0 Å². The van der Waals surface area contributed by atoms with Crippen LogP contribution in [0, 0.1) is 5.92 Å². The molecule has 25 heavy (non-hydrogen) atoms. The van der Waals surface area contributed by atoms with E-state index in [4.69, 9.17) is 5.73 Å². The first-order valence-corrected chi connectivity index (χ1v) is 8.15. The van der Waals surface area contributed by atoms with Crippen LogP contribution in [0.15, 0.2) is 30.3 Å². The maximum absolute atomic E-state index is 11.7. The van der Waals surface area contributed by atoms with Crippen LogP contribution >= 0.6 is 37.2 Å². The van der Waals surface area contributed by atoms with Crippen LogP contribution in [0.25, 0.3) is 0 Å². The average Bonchev–Trinajstić information content (AvgIpc) is 2.56. The highest BCUT2D eigenvalue weighted by molar-refractivity contribution is 5.86. The lowest BCUT2D eigenvalue weighted by Gasteiger charge is -2.34. The number of hydrogen-bond donors (Lipinski definition) is 2. The first-order chi connectivity index (χ1) is 10.7. The smallest absolute Gasteiger partial charge is 0.224 e. The van der Waals surface area contributed by atoms with Gasteiger partial charge in [0.05, 0.1) is 0 Å². The number of carbonyl (C=O) groups is 1. The fourth-order valence-electron chi connectivity index (χ4n) is 2.63. The highest BCUT2D eigenvalue weighted by atomic mass is 35.5. The van der Waals surface area contributed by atoms with Crippen LogP contribution in [0.2, 0.25) is 0 Å². The van der Waals surface area contributed by atoms with Gasteiger partial charge in [0.25, 0.3) is 0 Å². The minimum absolute atomic E-state index is 0. The second kappa shape index (κ2) is 14.6. The third kappa shape index (κ3) is 9.64. The van der Waals surface area contributed by atoms with Gasteiger partial charge in [-0.3, -0.25) is 14.6 Å². The monoisotopic (exact) mass is 412 g/mol. The zero-order valence-electron chi connectivity index (χ0n) is 14.7. The number of nitrogens with zero attached hydrogens (tertiary/aromatic N) is 2. The average molecular weight is 414 g/mol. The maximum atomic E-state index is 11.7. The Morgan fingerprint density at radius 1 is 1.08 bits per heavy atom. The number of benzene rings is 1. The Morgan fingerprint density at radius 3 is 2.20 bits per heavy atom. The number of amides is 1. The van der Waals surface area contributed by atoms with Crippen LogP contribution in [-0.4, -0.2) is 61.5 Å². The van der Waals surface area contributed by atoms with Gasteiger partial charge in [0.15, 0.2) is 0 Å². The fourth-order valence-corrected chi connectivity index (χ4v) is 2.63. The van der Waals surface area contributed by atoms with E-state index in [1.54, 1.807) is 0 Å². The van der Waals surface area contributed by atoms with Gasteiger partial charge in [-0.1, -0.05) is 37.3 Å². The maximum Gasteiger partial charge on any atom is 0.224 e. The Bertz CT molecular complexity index is 456. The summed E-state index contributed by atoms with van der Waals surface area (Å²) in [5.74, 6) is -0.0343. The second-order valence-corrected chi connectivity index (χ2v) is 6.03. The summed E-state index contributed by atoms with van der Waals surface area (Å²) in [6.07, 6.45) is 0. The van der Waals surface area contributed by atoms with E-state index in [9.17, 15) is 4.79 Å². The number of carbonyl (C=O) groups excluding carboxylic acids is 1. The van der Waals surface area contributed by atoms with Crippen molar-refractivity contribution in [1.29, 1.82) is 0 Å². The van der Waals surface area contributed by atoms with Gasteiger partial charge in [0.1, 0.15) is 0 Å². The number of nitrogens with one attached hydrogen (secondary N) is 1. The van der Waals surface area contributed by atoms with Crippen LogP contribution in [0.4, 0.5) is 0 Å². The van der Waals surface area contributed by atoms with Crippen molar-refractivity contribution < 1.29 is 4.79 Å². The molecule has 1 aliphatic rings. The molecule has 0 saturated carbocycles. The third-order valence-corrected chi connectivity index (χ3v) is 4.24. The summed E-state index contributed by atoms with van der Waals surface area (Å²) in [5.41, 5.74) is 6.86. The molecule has 8 heteroatoms. The summed E-state index contributed by atoms with van der Waals surface area (Å²) >= 11 is 0. The Hall–Kier alpha value is -0.560. The molecule has 0 spiro atoms. The van der Waals surface area contributed by atoms with E-state index in [1.807, 2.05) is 6.92 Å². The minimum atomic E-state index is -0.0947. The van der Waals surface area contributed by atoms with E-state index in [-0.39, 0.29) is 49.0 Å². The van der Waals surface area contributed by atoms with Crippen LogP contribution in [0.5, 0.6) is 0 Å². The molecule has 1 unspecified atom stereocenters. The van der Waals surface area contributed by atoms with Crippen molar-refractivity contribution in [3.8, 4) is 0 Å². The molecule has 0 aromatic heterocycles. The van der Waals surface area contributed by atoms with Gasteiger partial charge in [-0.25, -0.2) is 0 Å². The van der Waals surface area contributed by atoms with Crippen molar-refractivity contribution >= 4 is 43.1 Å². The summed E-state index contributed by atoms with van der Waals surface area (Å²) in [5, 5.41) is 2.96. The third-order valence-electron chi connectivity index (χ3n) is 4.24. The number of nitrogens with two attached hydrogens (primary N) is 1. The van der Waals surface area contributed by atoms with E-state index < -0.39 is 0 Å². The van der Waals surface area contributed by atoms with Gasteiger partial charge in [-0.15, -0.1) is 37.2 Å². The Labute approximate surface area is 169 Å². The standard InChI is InChI=1S/C17H28N4O.3ClH/c1-15(13-18)17(22)19-7-8-20-9-11-21(12-10-20)14-16-5-3-2-4-6-16;;;/h2-6,15H,7-14,18H2,1H3,(H,19,22);3*1H. The Kier molecular flexibility index (Phi) is 15.6. The lowest BCUT2D eigenvalue weighted by Crippen LogP contribution is -2.48. The molecule has 146 valence electrons. The summed E-state index contributed by atoms with van der Waals surface area (Å²) < 4.78 is 0. The van der Waals surface area contributed by atoms with E-state index in [0.717, 1.165) is 39.3 Å². The van der Waals surface area contributed by atoms with Gasteiger partial charge < -0.3 is 11.1 Å². The van der Waals surface area contributed by atoms with Crippen molar-refractivity contribution in [2.75, 3.05) is 45.8 Å². The molecule has 1 atom stereocenters. The van der Waals surface area contributed by atoms with Crippen LogP contribution in [0.1, 0.15) is 12.5 Å². The number of piperazine rings is 1. The van der Waals surface area contributed by atoms with Crippen LogP contribution in [-0.2, 0) is 11.3 Å². The number of halogens is 3. The zero-order chi connectivity index (χ0) is 15.8. The molecular weight excluding hydrogens is 383 g/mol. The van der Waals surface area contributed by atoms with Crippen LogP contribution in [0.3, 0.4) is 0 Å². The van der Waals surface area contributed by atoms with Crippen molar-refractivity contribution in [2.24, 2.45) is 11.7 Å². The predicted molar refractivity (Wildman–Crippen MR) is 111 cm³/mol. The molecule has 0 aliphatic carbocycles. The first-order valence-electron chi connectivity index (χ1n) is 8.15. The molecule has 0 radical (unpaired) electrons. The Balaban J connectivity index is 0. The lowest BCUT2D eigenvalue weighted by molar-refractivity contribution is -0.124. The van der Waals surface area contributed by atoms with Crippen molar-refractivity contribution in [3.05, 3.63) is 35.9 Å². The van der Waals surface area contributed by atoms with E-state index in [1.165, 1.54) is 5.56 Å².